The second-order valence-corrected chi connectivity index (χ2v) is 10.1. The van der Waals surface area contributed by atoms with Gasteiger partial charge in [0.15, 0.2) is 0 Å². The van der Waals surface area contributed by atoms with Crippen LogP contribution in [0.3, 0.4) is 0 Å². The maximum Gasteiger partial charge on any atom is 0.131 e. The van der Waals surface area contributed by atoms with E-state index in [1.165, 1.54) is 16.2 Å². The first-order valence-corrected chi connectivity index (χ1v) is 13.3. The molecule has 0 amide bonds. The van der Waals surface area contributed by atoms with E-state index in [0.717, 1.165) is 49.2 Å². The Kier molecular flexibility index (Phi) is 5.41. The average molecular weight is 503 g/mol. The Hall–Kier alpha value is -4.89. The molecule has 0 nitrogen and oxygen atoms in total. The van der Waals surface area contributed by atoms with Crippen molar-refractivity contribution in [2.45, 2.75) is 0 Å². The zero-order valence-corrected chi connectivity index (χ0v) is 21.1. The zero-order valence-electron chi connectivity index (χ0n) is 20.3. The van der Waals surface area contributed by atoms with Gasteiger partial charge < -0.3 is 0 Å². The van der Waals surface area contributed by atoms with Crippen molar-refractivity contribution in [2.75, 3.05) is 0 Å². The summed E-state index contributed by atoms with van der Waals surface area (Å²) in [6, 6.07) is 35.8. The first-order valence-electron chi connectivity index (χ1n) is 12.4. The third kappa shape index (κ3) is 3.89. The molecule has 38 heavy (non-hydrogen) atoms. The van der Waals surface area contributed by atoms with Crippen LogP contribution in [0.25, 0.3) is 42.4 Å². The molecule has 1 heterocycles. The third-order valence-corrected chi connectivity index (χ3v) is 7.73. The van der Waals surface area contributed by atoms with Gasteiger partial charge in [-0.2, -0.15) is 0 Å². The summed E-state index contributed by atoms with van der Waals surface area (Å²) in [4.78, 5) is 0. The highest BCUT2D eigenvalue weighted by molar-refractivity contribution is 7.17. The molecule has 7 rings (SSSR count). The molecule has 0 aliphatic heterocycles. The molecule has 0 N–H and O–H groups in total. The Bertz CT molecular complexity index is 2130. The van der Waals surface area contributed by atoms with Crippen LogP contribution in [0, 0.1) is 29.5 Å². The highest BCUT2D eigenvalue weighted by Gasteiger charge is 2.16. The van der Waals surface area contributed by atoms with Crippen LogP contribution in [0.15, 0.2) is 115 Å². The van der Waals surface area contributed by atoms with Crippen LogP contribution >= 0.6 is 11.3 Å². The Labute approximate surface area is 224 Å². The van der Waals surface area contributed by atoms with Gasteiger partial charge in [0.25, 0.3) is 0 Å². The van der Waals surface area contributed by atoms with Crippen molar-refractivity contribution in [3.8, 4) is 23.7 Å². The van der Waals surface area contributed by atoms with Gasteiger partial charge in [-0.05, 0) is 93.0 Å². The lowest BCUT2D eigenvalue weighted by molar-refractivity contribution is 0.640. The van der Waals surface area contributed by atoms with Crippen LogP contribution in [0.5, 0.6) is 0 Å². The van der Waals surface area contributed by atoms with E-state index in [1.54, 1.807) is 17.4 Å². The minimum atomic E-state index is -0.239. The summed E-state index contributed by atoms with van der Waals surface area (Å²) in [5.74, 6) is 13.4. The van der Waals surface area contributed by atoms with Crippen molar-refractivity contribution < 1.29 is 4.39 Å². The van der Waals surface area contributed by atoms with Crippen LogP contribution in [0.2, 0.25) is 0 Å². The molecule has 0 fully saturated rings. The predicted octanol–water partition coefficient (Wildman–Crippen LogP) is 9.30. The molecule has 0 saturated heterocycles. The van der Waals surface area contributed by atoms with Crippen molar-refractivity contribution in [3.63, 3.8) is 0 Å². The van der Waals surface area contributed by atoms with E-state index in [4.69, 9.17) is 0 Å². The third-order valence-electron chi connectivity index (χ3n) is 6.85. The molecule has 0 bridgehead atoms. The van der Waals surface area contributed by atoms with E-state index in [0.29, 0.717) is 5.39 Å². The van der Waals surface area contributed by atoms with Gasteiger partial charge in [-0.1, -0.05) is 72.2 Å². The van der Waals surface area contributed by atoms with Crippen LogP contribution in [-0.4, -0.2) is 0 Å². The van der Waals surface area contributed by atoms with Crippen molar-refractivity contribution in [3.05, 3.63) is 143 Å². The van der Waals surface area contributed by atoms with Gasteiger partial charge in [-0.3, -0.25) is 0 Å². The highest BCUT2D eigenvalue weighted by atomic mass is 32.1. The minimum Gasteiger partial charge on any atom is -0.206 e. The van der Waals surface area contributed by atoms with Crippen molar-refractivity contribution in [1.29, 1.82) is 0 Å². The van der Waals surface area contributed by atoms with Crippen LogP contribution in [0.4, 0.5) is 4.39 Å². The van der Waals surface area contributed by atoms with E-state index in [-0.39, 0.29) is 5.82 Å². The van der Waals surface area contributed by atoms with Crippen molar-refractivity contribution >= 4 is 53.7 Å². The standard InChI is InChI=1S/C36H19FS/c37-35-13-7-12-26-20-31-28(16-14-24-8-3-1-4-9-24)32-21-27-18-19-38-36(27)23-34(32)29(33(31)22-30(26)35)17-15-25-10-5-2-6-11-25/h1-13,18-23H. The SMILES string of the molecule is Fc1cccc2cc3c(C#Cc4ccccc4)c4cc5ccsc5cc4c(C#Cc4ccccc4)c3cc12. The molecule has 7 aromatic rings. The van der Waals surface area contributed by atoms with Crippen LogP contribution < -0.4 is 0 Å². The lowest BCUT2D eigenvalue weighted by Crippen LogP contribution is -1.92. The fraction of sp³-hybridized carbons (Fsp3) is 0. The van der Waals surface area contributed by atoms with E-state index in [9.17, 15) is 4.39 Å². The fourth-order valence-corrected chi connectivity index (χ4v) is 5.81. The van der Waals surface area contributed by atoms with Crippen LogP contribution in [-0.2, 0) is 0 Å². The number of rotatable bonds is 0. The summed E-state index contributed by atoms with van der Waals surface area (Å²) in [5.41, 5.74) is 3.71. The summed E-state index contributed by atoms with van der Waals surface area (Å²) in [5, 5.41) is 8.69. The number of fused-ring (bicyclic) bond motifs is 4. The lowest BCUT2D eigenvalue weighted by Gasteiger charge is -2.13. The van der Waals surface area contributed by atoms with Gasteiger partial charge in [-0.25, -0.2) is 4.39 Å². The Morgan fingerprint density at radius 2 is 1.05 bits per heavy atom. The number of thiophene rings is 1. The van der Waals surface area contributed by atoms with Gasteiger partial charge in [0.2, 0.25) is 0 Å². The molecule has 6 aromatic carbocycles. The smallest absolute Gasteiger partial charge is 0.131 e. The number of hydrogen-bond acceptors (Lipinski definition) is 1. The summed E-state index contributed by atoms with van der Waals surface area (Å²) in [6.45, 7) is 0. The molecule has 0 radical (unpaired) electrons. The van der Waals surface area contributed by atoms with Crippen molar-refractivity contribution in [2.24, 2.45) is 0 Å². The molecule has 2 heteroatoms. The molecule has 0 spiro atoms. The van der Waals surface area contributed by atoms with Gasteiger partial charge in [-0.15, -0.1) is 11.3 Å². The van der Waals surface area contributed by atoms with E-state index in [2.05, 4.69) is 53.3 Å². The maximum absolute atomic E-state index is 15.0. The molecule has 0 saturated carbocycles. The summed E-state index contributed by atoms with van der Waals surface area (Å²) in [6.07, 6.45) is 0. The first kappa shape index (κ1) is 22.3. The van der Waals surface area contributed by atoms with Gasteiger partial charge in [0.1, 0.15) is 5.82 Å². The normalized spacial score (nSPS) is 10.9. The Balaban J connectivity index is 1.65. The minimum absolute atomic E-state index is 0.239. The topological polar surface area (TPSA) is 0 Å². The van der Waals surface area contributed by atoms with Gasteiger partial charge in [0, 0.05) is 37.7 Å². The highest BCUT2D eigenvalue weighted by Crippen LogP contribution is 2.38. The van der Waals surface area contributed by atoms with Crippen LogP contribution in [0.1, 0.15) is 22.3 Å². The fourth-order valence-electron chi connectivity index (χ4n) is 5.00. The maximum atomic E-state index is 15.0. The summed E-state index contributed by atoms with van der Waals surface area (Å²) >= 11 is 1.71. The van der Waals surface area contributed by atoms with Crippen molar-refractivity contribution in [1.82, 2.24) is 0 Å². The molecular weight excluding hydrogens is 483 g/mol. The number of halogens is 1. The second-order valence-electron chi connectivity index (χ2n) is 9.20. The monoisotopic (exact) mass is 502 g/mol. The quantitative estimate of drug-likeness (QED) is 0.143. The average Bonchev–Trinajstić information content (AvgIpc) is 3.42. The molecule has 0 atom stereocenters. The largest absolute Gasteiger partial charge is 0.206 e. The molecule has 0 aliphatic carbocycles. The summed E-state index contributed by atoms with van der Waals surface area (Å²) in [7, 11) is 0. The van der Waals surface area contributed by atoms with E-state index < -0.39 is 0 Å². The van der Waals surface area contributed by atoms with Gasteiger partial charge >= 0.3 is 0 Å². The Morgan fingerprint density at radius 1 is 0.474 bits per heavy atom. The summed E-state index contributed by atoms with van der Waals surface area (Å²) < 4.78 is 16.2. The number of benzene rings is 6. The predicted molar refractivity (Wildman–Crippen MR) is 159 cm³/mol. The second kappa shape index (κ2) is 9.20. The van der Waals surface area contributed by atoms with E-state index in [1.807, 2.05) is 72.8 Å². The van der Waals surface area contributed by atoms with Gasteiger partial charge in [0.05, 0.1) is 0 Å². The first-order chi connectivity index (χ1) is 18.7. The van der Waals surface area contributed by atoms with E-state index >= 15 is 0 Å². The molecule has 0 unspecified atom stereocenters. The molecular formula is C36H19FS. The molecule has 176 valence electrons. The molecule has 0 aliphatic rings. The molecule has 1 aromatic heterocycles. The Morgan fingerprint density at radius 3 is 1.71 bits per heavy atom. The number of hydrogen-bond donors (Lipinski definition) is 0. The lowest BCUT2D eigenvalue weighted by atomic mass is 9.89. The zero-order chi connectivity index (χ0) is 25.5.